The van der Waals surface area contributed by atoms with Gasteiger partial charge in [0.15, 0.2) is 0 Å². The van der Waals surface area contributed by atoms with Gasteiger partial charge in [-0.25, -0.2) is 14.8 Å². The predicted octanol–water partition coefficient (Wildman–Crippen LogP) is 3.89. The normalized spacial score (nSPS) is 18.2. The van der Waals surface area contributed by atoms with Gasteiger partial charge < -0.3 is 19.7 Å². The largest absolute Gasteiger partial charge is 0.465 e. The number of methoxy groups -OCH3 is 1. The minimum Gasteiger partial charge on any atom is -0.465 e. The molecule has 2 aromatic heterocycles. The number of nitrogens with zero attached hydrogens (tertiary/aromatic N) is 6. The Bertz CT molecular complexity index is 1360. The number of esters is 1. The minimum absolute atomic E-state index is 0.272. The summed E-state index contributed by atoms with van der Waals surface area (Å²) in [7, 11) is 1.39. The Kier molecular flexibility index (Phi) is 6.00. The Morgan fingerprint density at radius 3 is 2.78 bits per heavy atom. The number of ether oxygens (including phenoxy) is 2. The predicted molar refractivity (Wildman–Crippen MR) is 137 cm³/mol. The minimum atomic E-state index is -0.394. The highest BCUT2D eigenvalue weighted by molar-refractivity contribution is 5.97. The number of hydrogen-bond acceptors (Lipinski definition) is 9. The van der Waals surface area contributed by atoms with Crippen molar-refractivity contribution in [2.24, 2.45) is 5.41 Å². The summed E-state index contributed by atoms with van der Waals surface area (Å²) in [5.41, 5.74) is 4.62. The van der Waals surface area contributed by atoms with E-state index in [1.165, 1.54) is 7.11 Å². The van der Waals surface area contributed by atoms with Crippen LogP contribution >= 0.6 is 0 Å². The summed E-state index contributed by atoms with van der Waals surface area (Å²) in [6.07, 6.45) is 9.78. The van der Waals surface area contributed by atoms with Gasteiger partial charge >= 0.3 is 5.97 Å². The van der Waals surface area contributed by atoms with Crippen LogP contribution in [0.15, 0.2) is 36.8 Å². The van der Waals surface area contributed by atoms with Gasteiger partial charge in [-0.05, 0) is 49.8 Å². The maximum Gasteiger partial charge on any atom is 0.340 e. The van der Waals surface area contributed by atoms with Crippen LogP contribution in [-0.2, 0) is 16.0 Å². The van der Waals surface area contributed by atoms with Crippen LogP contribution in [0.4, 0.5) is 17.3 Å². The zero-order chi connectivity index (χ0) is 25.4. The molecule has 3 aromatic rings. The van der Waals surface area contributed by atoms with E-state index >= 15 is 0 Å². The summed E-state index contributed by atoms with van der Waals surface area (Å²) < 4.78 is 12.4. The van der Waals surface area contributed by atoms with Gasteiger partial charge in [-0.3, -0.25) is 4.68 Å². The molecule has 0 unspecified atom stereocenters. The lowest BCUT2D eigenvalue weighted by molar-refractivity contribution is 0.0600. The zero-order valence-corrected chi connectivity index (χ0v) is 20.8. The second-order valence-electron chi connectivity index (χ2n) is 10.0. The van der Waals surface area contributed by atoms with Gasteiger partial charge in [-0.1, -0.05) is 0 Å². The third kappa shape index (κ3) is 4.87. The van der Waals surface area contributed by atoms with Crippen LogP contribution in [0.1, 0.15) is 47.5 Å². The van der Waals surface area contributed by atoms with Crippen LogP contribution in [0.2, 0.25) is 0 Å². The van der Waals surface area contributed by atoms with Crippen molar-refractivity contribution in [1.29, 1.82) is 5.26 Å². The number of carbonyl (C=O) groups excluding carboxylic acids is 1. The molecule has 3 fully saturated rings. The fourth-order valence-corrected chi connectivity index (χ4v) is 4.81. The fraction of sp³-hybridized carbons (Fsp3) is 0.444. The highest BCUT2D eigenvalue weighted by Crippen LogP contribution is 2.47. The van der Waals surface area contributed by atoms with Gasteiger partial charge in [0.25, 0.3) is 0 Å². The second kappa shape index (κ2) is 9.48. The standard InChI is InChI=1S/C27H29N7O3/c1-36-25(35)21-12-20(4-5-23(21)33-8-10-37-11-9-33)31-26-29-14-22(18-2-3-18)24(32-26)19-13-30-34(15-19)17-27(16-28)6-7-27/h4-5,12-15,18H,2-3,6-11,17H2,1H3,(H,29,31,32). The van der Waals surface area contributed by atoms with E-state index in [0.717, 1.165) is 61.3 Å². The Morgan fingerprint density at radius 2 is 2.08 bits per heavy atom. The van der Waals surface area contributed by atoms with Gasteiger partial charge in [0.2, 0.25) is 5.95 Å². The first kappa shape index (κ1) is 23.4. The molecule has 10 heteroatoms. The van der Waals surface area contributed by atoms with Gasteiger partial charge in [-0.2, -0.15) is 10.4 Å². The molecule has 10 nitrogen and oxygen atoms in total. The first-order valence-corrected chi connectivity index (χ1v) is 12.7. The number of carbonyl (C=O) groups is 1. The molecule has 0 atom stereocenters. The molecule has 6 rings (SSSR count). The number of anilines is 3. The highest BCUT2D eigenvalue weighted by Gasteiger charge is 2.43. The Balaban J connectivity index is 1.28. The molecule has 1 saturated heterocycles. The molecule has 1 aliphatic heterocycles. The molecular weight excluding hydrogens is 470 g/mol. The van der Waals surface area contributed by atoms with Gasteiger partial charge in [-0.15, -0.1) is 0 Å². The number of aromatic nitrogens is 4. The summed E-state index contributed by atoms with van der Waals surface area (Å²) in [4.78, 5) is 24.2. The van der Waals surface area contributed by atoms with Gasteiger partial charge in [0.1, 0.15) is 0 Å². The number of morpholine rings is 1. The molecule has 0 amide bonds. The molecule has 37 heavy (non-hydrogen) atoms. The zero-order valence-electron chi connectivity index (χ0n) is 20.8. The van der Waals surface area contributed by atoms with Crippen molar-refractivity contribution in [2.75, 3.05) is 43.6 Å². The van der Waals surface area contributed by atoms with E-state index in [1.54, 1.807) is 6.07 Å². The molecule has 2 saturated carbocycles. The summed E-state index contributed by atoms with van der Waals surface area (Å²) in [5, 5.41) is 17.2. The van der Waals surface area contributed by atoms with Gasteiger partial charge in [0, 0.05) is 42.3 Å². The smallest absolute Gasteiger partial charge is 0.340 e. The van der Waals surface area contributed by atoms with Crippen molar-refractivity contribution < 1.29 is 14.3 Å². The first-order valence-electron chi connectivity index (χ1n) is 12.7. The molecule has 190 valence electrons. The van der Waals surface area contributed by atoms with Crippen molar-refractivity contribution in [2.45, 2.75) is 38.1 Å². The number of benzene rings is 1. The third-order valence-electron chi connectivity index (χ3n) is 7.31. The SMILES string of the molecule is COC(=O)c1cc(Nc2ncc(C3CC3)c(-c3cnn(CC4(C#N)CC4)c3)n2)ccc1N1CCOCC1. The average molecular weight is 500 g/mol. The molecule has 3 aliphatic rings. The number of nitrogens with one attached hydrogen (secondary N) is 1. The lowest BCUT2D eigenvalue weighted by atomic mass is 10.1. The average Bonchev–Trinajstić information content (AvgIpc) is 3.87. The maximum absolute atomic E-state index is 12.6. The second-order valence-corrected chi connectivity index (χ2v) is 10.0. The van der Waals surface area contributed by atoms with Gasteiger partial charge in [0.05, 0.1) is 61.5 Å². The molecule has 0 spiro atoms. The lowest BCUT2D eigenvalue weighted by Crippen LogP contribution is -2.37. The van der Waals surface area contributed by atoms with Crippen molar-refractivity contribution >= 4 is 23.3 Å². The number of rotatable bonds is 8. The van der Waals surface area contributed by atoms with Crippen LogP contribution in [0.3, 0.4) is 0 Å². The van der Waals surface area contributed by atoms with Crippen LogP contribution in [0, 0.1) is 16.7 Å². The van der Waals surface area contributed by atoms with Crippen molar-refractivity contribution in [3.63, 3.8) is 0 Å². The summed E-state index contributed by atoms with van der Waals surface area (Å²) in [6, 6.07) is 8.05. The van der Waals surface area contributed by atoms with E-state index < -0.39 is 5.97 Å². The fourth-order valence-electron chi connectivity index (χ4n) is 4.81. The topological polar surface area (TPSA) is 118 Å². The van der Waals surface area contributed by atoms with E-state index in [0.29, 0.717) is 42.9 Å². The van der Waals surface area contributed by atoms with E-state index in [1.807, 2.05) is 35.4 Å². The Morgan fingerprint density at radius 1 is 1.27 bits per heavy atom. The third-order valence-corrected chi connectivity index (χ3v) is 7.31. The van der Waals surface area contributed by atoms with Crippen LogP contribution < -0.4 is 10.2 Å². The molecule has 1 N–H and O–H groups in total. The summed E-state index contributed by atoms with van der Waals surface area (Å²) in [6.45, 7) is 3.28. The van der Waals surface area contributed by atoms with Crippen LogP contribution in [0.5, 0.6) is 0 Å². The molecular formula is C27H29N7O3. The molecule has 1 aromatic carbocycles. The van der Waals surface area contributed by atoms with Crippen molar-refractivity contribution in [1.82, 2.24) is 19.7 Å². The first-order chi connectivity index (χ1) is 18.1. The quantitative estimate of drug-likeness (QED) is 0.461. The van der Waals surface area contributed by atoms with E-state index in [-0.39, 0.29) is 5.41 Å². The summed E-state index contributed by atoms with van der Waals surface area (Å²) >= 11 is 0. The molecule has 3 heterocycles. The monoisotopic (exact) mass is 499 g/mol. The number of hydrogen-bond donors (Lipinski definition) is 1. The van der Waals surface area contributed by atoms with E-state index in [2.05, 4.69) is 26.4 Å². The number of nitriles is 1. The van der Waals surface area contributed by atoms with Crippen molar-refractivity contribution in [3.8, 4) is 17.3 Å². The molecule has 2 aliphatic carbocycles. The molecule has 0 bridgehead atoms. The van der Waals surface area contributed by atoms with Crippen molar-refractivity contribution in [3.05, 3.63) is 47.9 Å². The van der Waals surface area contributed by atoms with E-state index in [9.17, 15) is 10.1 Å². The Labute approximate surface area is 215 Å². The molecule has 0 radical (unpaired) electrons. The maximum atomic E-state index is 12.6. The summed E-state index contributed by atoms with van der Waals surface area (Å²) in [5.74, 6) is 0.506. The highest BCUT2D eigenvalue weighted by atomic mass is 16.5. The lowest BCUT2D eigenvalue weighted by Gasteiger charge is -2.30. The van der Waals surface area contributed by atoms with Crippen LogP contribution in [-0.4, -0.2) is 59.1 Å². The van der Waals surface area contributed by atoms with Crippen LogP contribution in [0.25, 0.3) is 11.3 Å². The van der Waals surface area contributed by atoms with E-state index in [4.69, 9.17) is 14.5 Å². The Hall–Kier alpha value is -3.97.